The smallest absolute Gasteiger partial charge is 0.210 e. The van der Waals surface area contributed by atoms with Crippen molar-refractivity contribution in [2.45, 2.75) is 63.6 Å². The zero-order valence-corrected chi connectivity index (χ0v) is 16.0. The summed E-state index contributed by atoms with van der Waals surface area (Å²) in [5.41, 5.74) is 4.13. The number of hydrogen-bond acceptors (Lipinski definition) is 6. The molecule has 1 fully saturated rings. The van der Waals surface area contributed by atoms with Gasteiger partial charge in [0.2, 0.25) is 5.16 Å². The lowest BCUT2D eigenvalue weighted by atomic mass is 9.97. The molecule has 0 amide bonds. The fourth-order valence-electron chi connectivity index (χ4n) is 3.03. The molecule has 1 aliphatic heterocycles. The van der Waals surface area contributed by atoms with Gasteiger partial charge in [0.05, 0.1) is 17.9 Å². The molecule has 1 saturated heterocycles. The first-order chi connectivity index (χ1) is 12.0. The third-order valence-corrected chi connectivity index (χ3v) is 5.73. The van der Waals surface area contributed by atoms with Gasteiger partial charge in [0.25, 0.3) is 0 Å². The Morgan fingerprint density at radius 1 is 1.32 bits per heavy atom. The monoisotopic (exact) mass is 360 g/mol. The van der Waals surface area contributed by atoms with Crippen molar-refractivity contribution in [2.24, 2.45) is 0 Å². The van der Waals surface area contributed by atoms with E-state index in [-0.39, 0.29) is 17.1 Å². The summed E-state index contributed by atoms with van der Waals surface area (Å²) in [7, 11) is 0. The number of ketones is 1. The van der Waals surface area contributed by atoms with E-state index >= 15 is 0 Å². The first kappa shape index (κ1) is 18.1. The summed E-state index contributed by atoms with van der Waals surface area (Å²) < 4.78 is 7.40. The van der Waals surface area contributed by atoms with E-state index in [1.165, 1.54) is 17.3 Å². The third kappa shape index (κ3) is 4.10. The Bertz CT molecular complexity index is 768. The van der Waals surface area contributed by atoms with Gasteiger partial charge in [-0.3, -0.25) is 4.79 Å². The molecule has 0 bridgehead atoms. The highest BCUT2D eigenvalue weighted by molar-refractivity contribution is 8.00. The molecular formula is C18H24N4O2S. The van der Waals surface area contributed by atoms with Crippen molar-refractivity contribution >= 4 is 17.5 Å². The van der Waals surface area contributed by atoms with Crippen LogP contribution in [0.1, 0.15) is 46.8 Å². The van der Waals surface area contributed by atoms with Crippen molar-refractivity contribution in [3.8, 4) is 0 Å². The number of carbonyl (C=O) groups excluding carboxylic acids is 1. The first-order valence-corrected chi connectivity index (χ1v) is 9.50. The van der Waals surface area contributed by atoms with Crippen LogP contribution in [0.3, 0.4) is 0 Å². The number of thioether (sulfide) groups is 1. The predicted octanol–water partition coefficient (Wildman–Crippen LogP) is 3.14. The van der Waals surface area contributed by atoms with Gasteiger partial charge in [-0.25, -0.2) is 4.68 Å². The molecule has 0 saturated carbocycles. The summed E-state index contributed by atoms with van der Waals surface area (Å²) in [5, 5.41) is 12.3. The molecule has 0 spiro atoms. The summed E-state index contributed by atoms with van der Waals surface area (Å²) in [4.78, 5) is 12.9. The third-order valence-electron chi connectivity index (χ3n) is 4.66. The summed E-state index contributed by atoms with van der Waals surface area (Å²) >= 11 is 1.40. The van der Waals surface area contributed by atoms with Crippen LogP contribution in [0.4, 0.5) is 0 Å². The topological polar surface area (TPSA) is 69.9 Å². The molecule has 2 heterocycles. The van der Waals surface area contributed by atoms with Crippen molar-refractivity contribution in [1.82, 2.24) is 20.2 Å². The number of aromatic nitrogens is 4. The molecule has 7 heteroatoms. The van der Waals surface area contributed by atoms with E-state index in [0.717, 1.165) is 36.1 Å². The van der Waals surface area contributed by atoms with Gasteiger partial charge in [-0.2, -0.15) is 0 Å². The minimum Gasteiger partial charge on any atom is -0.376 e. The predicted molar refractivity (Wildman–Crippen MR) is 97.1 cm³/mol. The quantitative estimate of drug-likeness (QED) is 0.582. The lowest BCUT2D eigenvalue weighted by molar-refractivity contribution is 0.0911. The number of aryl methyl sites for hydroxylation is 3. The highest BCUT2D eigenvalue weighted by Gasteiger charge is 2.24. The maximum absolute atomic E-state index is 12.9. The zero-order valence-electron chi connectivity index (χ0n) is 15.2. The second-order valence-corrected chi connectivity index (χ2v) is 7.96. The lowest BCUT2D eigenvalue weighted by Gasteiger charge is -2.14. The fourth-order valence-corrected chi connectivity index (χ4v) is 3.90. The van der Waals surface area contributed by atoms with Gasteiger partial charge in [0.1, 0.15) is 0 Å². The zero-order chi connectivity index (χ0) is 18.0. The average Bonchev–Trinajstić information content (AvgIpc) is 3.23. The minimum atomic E-state index is -0.255. The second kappa shape index (κ2) is 7.66. The van der Waals surface area contributed by atoms with E-state index in [9.17, 15) is 4.79 Å². The number of rotatable bonds is 6. The van der Waals surface area contributed by atoms with Crippen LogP contribution in [0, 0.1) is 20.8 Å². The van der Waals surface area contributed by atoms with Gasteiger partial charge < -0.3 is 4.74 Å². The van der Waals surface area contributed by atoms with Crippen LogP contribution >= 0.6 is 11.8 Å². The molecule has 1 aromatic carbocycles. The summed E-state index contributed by atoms with van der Waals surface area (Å²) in [6.07, 6.45) is 2.27. The van der Waals surface area contributed by atoms with E-state index in [4.69, 9.17) is 4.74 Å². The van der Waals surface area contributed by atoms with Crippen LogP contribution < -0.4 is 0 Å². The number of Topliss-reactive ketones (excluding diaryl/α,β-unsaturated/α-hetero) is 1. The molecule has 2 unspecified atom stereocenters. The molecule has 6 nitrogen and oxygen atoms in total. The largest absolute Gasteiger partial charge is 0.376 e. The number of nitrogens with zero attached hydrogens (tertiary/aromatic N) is 4. The molecule has 134 valence electrons. The van der Waals surface area contributed by atoms with E-state index in [1.54, 1.807) is 4.68 Å². The average molecular weight is 360 g/mol. The first-order valence-electron chi connectivity index (χ1n) is 8.62. The Morgan fingerprint density at radius 2 is 2.08 bits per heavy atom. The van der Waals surface area contributed by atoms with Crippen molar-refractivity contribution in [1.29, 1.82) is 0 Å². The second-order valence-electron chi connectivity index (χ2n) is 6.65. The van der Waals surface area contributed by atoms with Crippen molar-refractivity contribution < 1.29 is 9.53 Å². The molecule has 0 radical (unpaired) electrons. The van der Waals surface area contributed by atoms with Crippen molar-refractivity contribution in [2.75, 3.05) is 6.61 Å². The number of benzene rings is 1. The summed E-state index contributed by atoms with van der Waals surface area (Å²) in [6, 6.07) is 4.06. The molecular weight excluding hydrogens is 336 g/mol. The molecule has 25 heavy (non-hydrogen) atoms. The van der Waals surface area contributed by atoms with Gasteiger partial charge in [-0.15, -0.1) is 5.10 Å². The van der Waals surface area contributed by atoms with E-state index in [0.29, 0.717) is 11.7 Å². The molecule has 0 N–H and O–H groups in total. The van der Waals surface area contributed by atoms with Crippen LogP contribution in [0.25, 0.3) is 0 Å². The minimum absolute atomic E-state index is 0.109. The van der Waals surface area contributed by atoms with Gasteiger partial charge in [0, 0.05) is 12.2 Å². The maximum Gasteiger partial charge on any atom is 0.210 e. The fraction of sp³-hybridized carbons (Fsp3) is 0.556. The highest BCUT2D eigenvalue weighted by atomic mass is 32.2. The summed E-state index contributed by atoms with van der Waals surface area (Å²) in [6.45, 7) is 9.43. The van der Waals surface area contributed by atoms with E-state index in [1.807, 2.05) is 26.8 Å². The molecule has 2 aromatic rings. The Kier molecular flexibility index (Phi) is 5.54. The number of carbonyl (C=O) groups is 1. The standard InChI is InChI=1S/C18H24N4O2S/c1-11-8-13(3)16(9-12(11)2)17(23)14(4)25-18-19-20-21-22(18)10-15-6-5-7-24-15/h8-9,14-15H,5-7,10H2,1-4H3. The van der Waals surface area contributed by atoms with Crippen LogP contribution in [0.15, 0.2) is 17.3 Å². The van der Waals surface area contributed by atoms with Crippen molar-refractivity contribution in [3.05, 3.63) is 34.4 Å². The number of tetrazole rings is 1. The molecule has 3 rings (SSSR count). The number of ether oxygens (including phenoxy) is 1. The molecule has 1 aromatic heterocycles. The molecule has 2 atom stereocenters. The molecule has 1 aliphatic rings. The SMILES string of the molecule is Cc1cc(C)c(C(=O)C(C)Sc2nnnn2CC2CCCO2)cc1C. The maximum atomic E-state index is 12.9. The van der Waals surface area contributed by atoms with Crippen LogP contribution in [0.5, 0.6) is 0 Å². The number of hydrogen-bond donors (Lipinski definition) is 0. The van der Waals surface area contributed by atoms with Gasteiger partial charge in [0.15, 0.2) is 5.78 Å². The Labute approximate surface area is 152 Å². The van der Waals surface area contributed by atoms with Gasteiger partial charge in [-0.1, -0.05) is 17.8 Å². The van der Waals surface area contributed by atoms with Gasteiger partial charge >= 0.3 is 0 Å². The van der Waals surface area contributed by atoms with Crippen LogP contribution in [-0.4, -0.2) is 44.0 Å². The Balaban J connectivity index is 1.72. The highest BCUT2D eigenvalue weighted by Crippen LogP contribution is 2.26. The van der Waals surface area contributed by atoms with Crippen molar-refractivity contribution in [3.63, 3.8) is 0 Å². The summed E-state index contributed by atoms with van der Waals surface area (Å²) in [5.74, 6) is 0.109. The van der Waals surface area contributed by atoms with E-state index < -0.39 is 0 Å². The van der Waals surface area contributed by atoms with Gasteiger partial charge in [-0.05, 0) is 73.7 Å². The Hall–Kier alpha value is -1.73. The van der Waals surface area contributed by atoms with Crippen LogP contribution in [-0.2, 0) is 11.3 Å². The normalized spacial score (nSPS) is 18.5. The van der Waals surface area contributed by atoms with E-state index in [2.05, 4.69) is 28.5 Å². The Morgan fingerprint density at radius 3 is 2.80 bits per heavy atom. The lowest BCUT2D eigenvalue weighted by Crippen LogP contribution is -2.19. The van der Waals surface area contributed by atoms with Crippen LogP contribution in [0.2, 0.25) is 0 Å². The molecule has 0 aliphatic carbocycles.